The zero-order valence-corrected chi connectivity index (χ0v) is 20.9. The minimum absolute atomic E-state index is 0.0263. The molecular weight excluding hydrogens is 470 g/mol. The Bertz CT molecular complexity index is 1330. The summed E-state index contributed by atoms with van der Waals surface area (Å²) in [6.45, 7) is 2.01. The second-order valence-electron chi connectivity index (χ2n) is 9.09. The summed E-state index contributed by atoms with van der Waals surface area (Å²) in [6.07, 6.45) is 6.78. The van der Waals surface area contributed by atoms with Gasteiger partial charge in [0.1, 0.15) is 17.3 Å². The van der Waals surface area contributed by atoms with E-state index >= 15 is 0 Å². The van der Waals surface area contributed by atoms with Crippen LogP contribution in [0.25, 0.3) is 5.76 Å². The van der Waals surface area contributed by atoms with Crippen molar-refractivity contribution in [3.05, 3.63) is 83.7 Å². The maximum atomic E-state index is 13.4. The second kappa shape index (κ2) is 10.3. The Hall–Kier alpha value is -4.33. The highest BCUT2D eigenvalue weighted by Crippen LogP contribution is 2.43. The van der Waals surface area contributed by atoms with Crippen molar-refractivity contribution in [2.45, 2.75) is 25.3 Å². The van der Waals surface area contributed by atoms with Crippen molar-refractivity contribution < 1.29 is 24.2 Å². The Labute approximate surface area is 215 Å². The van der Waals surface area contributed by atoms with Gasteiger partial charge < -0.3 is 19.5 Å². The topological polar surface area (TPSA) is 92.2 Å². The molecule has 3 aromatic rings. The molecule has 1 amide bonds. The maximum Gasteiger partial charge on any atom is 0.300 e. The molecular formula is C29H29N3O5. The average molecular weight is 500 g/mol. The van der Waals surface area contributed by atoms with Crippen molar-refractivity contribution in [3.8, 4) is 11.5 Å². The number of carbonyl (C=O) groups is 2. The van der Waals surface area contributed by atoms with Crippen LogP contribution in [0, 0.1) is 0 Å². The number of benzene rings is 2. The zero-order valence-electron chi connectivity index (χ0n) is 20.9. The zero-order chi connectivity index (χ0) is 25.9. The molecule has 2 aliphatic rings. The molecule has 37 heavy (non-hydrogen) atoms. The first-order valence-corrected chi connectivity index (χ1v) is 12.3. The fourth-order valence-corrected chi connectivity index (χ4v) is 5.07. The van der Waals surface area contributed by atoms with E-state index in [2.05, 4.69) is 9.88 Å². The van der Waals surface area contributed by atoms with Gasteiger partial charge in [0.2, 0.25) is 0 Å². The minimum atomic E-state index is -0.860. The number of rotatable bonds is 6. The van der Waals surface area contributed by atoms with Crippen LogP contribution in [0.4, 0.5) is 11.4 Å². The van der Waals surface area contributed by atoms with E-state index in [4.69, 9.17) is 9.47 Å². The number of ether oxygens (including phenoxy) is 2. The fraction of sp³-hybridized carbons (Fsp3) is 0.276. The van der Waals surface area contributed by atoms with Crippen molar-refractivity contribution in [2.75, 3.05) is 37.1 Å². The first kappa shape index (κ1) is 24.4. The third-order valence-electron chi connectivity index (χ3n) is 6.96. The summed E-state index contributed by atoms with van der Waals surface area (Å²) in [5.74, 6) is -0.956. The molecule has 2 aromatic carbocycles. The number of hydrogen-bond acceptors (Lipinski definition) is 7. The molecule has 1 N–H and O–H groups in total. The number of pyridine rings is 1. The lowest BCUT2D eigenvalue weighted by atomic mass is 9.95. The summed E-state index contributed by atoms with van der Waals surface area (Å²) in [7, 11) is 2.99. The number of piperidine rings is 1. The third kappa shape index (κ3) is 4.50. The van der Waals surface area contributed by atoms with Crippen LogP contribution in [0.1, 0.15) is 36.4 Å². The number of nitrogens with zero attached hydrogens (tertiary/aromatic N) is 3. The number of carbonyl (C=O) groups excluding carboxylic acids is 2. The molecule has 0 bridgehead atoms. The van der Waals surface area contributed by atoms with E-state index in [-0.39, 0.29) is 16.9 Å². The van der Waals surface area contributed by atoms with E-state index in [9.17, 15) is 14.7 Å². The lowest BCUT2D eigenvalue weighted by molar-refractivity contribution is -0.132. The summed E-state index contributed by atoms with van der Waals surface area (Å²) < 4.78 is 10.7. The molecule has 2 fully saturated rings. The highest BCUT2D eigenvalue weighted by molar-refractivity contribution is 6.51. The fourth-order valence-electron chi connectivity index (χ4n) is 5.07. The van der Waals surface area contributed by atoms with Crippen LogP contribution in [0.15, 0.2) is 72.6 Å². The first-order valence-electron chi connectivity index (χ1n) is 12.3. The molecule has 1 aromatic heterocycles. The Morgan fingerprint density at radius 1 is 0.946 bits per heavy atom. The predicted octanol–water partition coefficient (Wildman–Crippen LogP) is 4.72. The van der Waals surface area contributed by atoms with Crippen LogP contribution >= 0.6 is 0 Å². The monoisotopic (exact) mass is 499 g/mol. The second-order valence-corrected chi connectivity index (χ2v) is 9.09. The Morgan fingerprint density at radius 2 is 1.68 bits per heavy atom. The van der Waals surface area contributed by atoms with E-state index < -0.39 is 17.7 Å². The molecule has 3 heterocycles. The Kier molecular flexibility index (Phi) is 6.81. The lowest BCUT2D eigenvalue weighted by Gasteiger charge is -2.30. The van der Waals surface area contributed by atoms with Gasteiger partial charge in [-0.05, 0) is 67.3 Å². The van der Waals surface area contributed by atoms with Gasteiger partial charge in [0.15, 0.2) is 0 Å². The molecule has 0 spiro atoms. The van der Waals surface area contributed by atoms with Crippen molar-refractivity contribution in [3.63, 3.8) is 0 Å². The Balaban J connectivity index is 1.61. The van der Waals surface area contributed by atoms with Gasteiger partial charge >= 0.3 is 0 Å². The highest BCUT2D eigenvalue weighted by Gasteiger charge is 2.47. The number of Topliss-reactive ketones (excluding diaryl/α,β-unsaturated/α-hetero) is 1. The number of aliphatic hydroxyl groups is 1. The SMILES string of the molecule is COc1ccc(/C(O)=C2/C(=O)C(=O)N(c3ccc(N4CCCCC4)cc3)C2c2cccnc2)c(OC)c1. The predicted molar refractivity (Wildman–Crippen MR) is 141 cm³/mol. The van der Waals surface area contributed by atoms with Gasteiger partial charge in [-0.15, -0.1) is 0 Å². The van der Waals surface area contributed by atoms with E-state index in [0.717, 1.165) is 31.6 Å². The smallest absolute Gasteiger partial charge is 0.300 e. The molecule has 2 saturated heterocycles. The molecule has 5 rings (SSSR count). The van der Waals surface area contributed by atoms with E-state index in [1.165, 1.54) is 25.5 Å². The van der Waals surface area contributed by atoms with E-state index in [1.54, 1.807) is 42.7 Å². The number of amides is 1. The van der Waals surface area contributed by atoms with Gasteiger partial charge in [0.25, 0.3) is 11.7 Å². The molecule has 190 valence electrons. The summed E-state index contributed by atoms with van der Waals surface area (Å²) in [6, 6.07) is 15.2. The number of aromatic nitrogens is 1. The summed E-state index contributed by atoms with van der Waals surface area (Å²) in [5, 5.41) is 11.4. The number of ketones is 1. The largest absolute Gasteiger partial charge is 0.507 e. The standard InChI is InChI=1S/C29H29N3O5/c1-36-22-12-13-23(24(17-22)37-2)27(33)25-26(19-7-6-14-30-18-19)32(29(35)28(25)34)21-10-8-20(9-11-21)31-15-4-3-5-16-31/h6-14,17-18,26,33H,3-5,15-16H2,1-2H3/b27-25-. The first-order chi connectivity index (χ1) is 18.0. The normalized spacial score (nSPS) is 19.2. The molecule has 1 unspecified atom stereocenters. The molecule has 0 aliphatic carbocycles. The van der Waals surface area contributed by atoms with Crippen LogP contribution in [0.5, 0.6) is 11.5 Å². The van der Waals surface area contributed by atoms with Crippen LogP contribution < -0.4 is 19.3 Å². The van der Waals surface area contributed by atoms with Crippen molar-refractivity contribution in [2.24, 2.45) is 0 Å². The molecule has 0 saturated carbocycles. The Morgan fingerprint density at radius 3 is 2.32 bits per heavy atom. The molecule has 0 radical (unpaired) electrons. The van der Waals surface area contributed by atoms with Gasteiger partial charge in [0, 0.05) is 42.9 Å². The summed E-state index contributed by atoms with van der Waals surface area (Å²) >= 11 is 0. The third-order valence-corrected chi connectivity index (χ3v) is 6.96. The molecule has 1 atom stereocenters. The van der Waals surface area contributed by atoms with Gasteiger partial charge in [-0.1, -0.05) is 6.07 Å². The van der Waals surface area contributed by atoms with Gasteiger partial charge in [-0.3, -0.25) is 19.5 Å². The summed E-state index contributed by atoms with van der Waals surface area (Å²) in [4.78, 5) is 34.8. The van der Waals surface area contributed by atoms with Gasteiger partial charge in [0.05, 0.1) is 31.4 Å². The average Bonchev–Trinajstić information content (AvgIpc) is 3.23. The van der Waals surface area contributed by atoms with Crippen LogP contribution in [-0.2, 0) is 9.59 Å². The van der Waals surface area contributed by atoms with Crippen LogP contribution in [0.2, 0.25) is 0 Å². The number of aliphatic hydroxyl groups excluding tert-OH is 1. The van der Waals surface area contributed by atoms with Crippen molar-refractivity contribution in [1.82, 2.24) is 4.98 Å². The van der Waals surface area contributed by atoms with Crippen LogP contribution in [0.3, 0.4) is 0 Å². The molecule has 8 heteroatoms. The number of methoxy groups -OCH3 is 2. The molecule has 8 nitrogen and oxygen atoms in total. The highest BCUT2D eigenvalue weighted by atomic mass is 16.5. The quantitative estimate of drug-likeness (QED) is 0.298. The van der Waals surface area contributed by atoms with Gasteiger partial charge in [-0.25, -0.2) is 0 Å². The van der Waals surface area contributed by atoms with Crippen LogP contribution in [-0.4, -0.2) is 49.1 Å². The summed E-state index contributed by atoms with van der Waals surface area (Å²) in [5.41, 5.74) is 2.52. The lowest BCUT2D eigenvalue weighted by Crippen LogP contribution is -2.30. The van der Waals surface area contributed by atoms with E-state index in [1.807, 2.05) is 24.3 Å². The molecule has 2 aliphatic heterocycles. The van der Waals surface area contributed by atoms with Crippen molar-refractivity contribution in [1.29, 1.82) is 0 Å². The number of anilines is 2. The van der Waals surface area contributed by atoms with Crippen molar-refractivity contribution >= 4 is 28.8 Å². The minimum Gasteiger partial charge on any atom is -0.507 e. The maximum absolute atomic E-state index is 13.4. The number of hydrogen-bond donors (Lipinski definition) is 1. The van der Waals surface area contributed by atoms with Gasteiger partial charge in [-0.2, -0.15) is 0 Å². The van der Waals surface area contributed by atoms with E-state index in [0.29, 0.717) is 22.7 Å².